The highest BCUT2D eigenvalue weighted by molar-refractivity contribution is 6.05. The lowest BCUT2D eigenvalue weighted by molar-refractivity contribution is -0.750. The van der Waals surface area contributed by atoms with Crippen LogP contribution in [0.2, 0.25) is 0 Å². The Hall–Kier alpha value is -4.15. The molecule has 4 aliphatic rings. The van der Waals surface area contributed by atoms with E-state index >= 15 is 0 Å². The number of fused-ring (bicyclic) bond motifs is 1. The highest BCUT2D eigenvalue weighted by atomic mass is 16.2. The molecule has 6 rings (SSSR count). The van der Waals surface area contributed by atoms with Crippen molar-refractivity contribution in [3.8, 4) is 0 Å². The summed E-state index contributed by atoms with van der Waals surface area (Å²) in [6, 6.07) is 12.6. The molecule has 38 heavy (non-hydrogen) atoms. The summed E-state index contributed by atoms with van der Waals surface area (Å²) in [5, 5.41) is 5.93. The molecule has 2 amide bonds. The van der Waals surface area contributed by atoms with Crippen LogP contribution in [0.1, 0.15) is 41.6 Å². The van der Waals surface area contributed by atoms with Gasteiger partial charge in [0.25, 0.3) is 11.7 Å². The van der Waals surface area contributed by atoms with Gasteiger partial charge >= 0.3 is 0 Å². The third kappa shape index (κ3) is 4.75. The third-order valence-corrected chi connectivity index (χ3v) is 7.44. The minimum absolute atomic E-state index is 0.0810. The van der Waals surface area contributed by atoms with Crippen LogP contribution in [-0.2, 0) is 4.79 Å². The number of amides is 2. The molecule has 0 spiro atoms. The number of carbonyl (C=O) groups is 2. The molecule has 10 heteroatoms. The van der Waals surface area contributed by atoms with Crippen LogP contribution in [0.5, 0.6) is 0 Å². The van der Waals surface area contributed by atoms with E-state index in [-0.39, 0.29) is 22.3 Å². The second-order valence-corrected chi connectivity index (χ2v) is 10.2. The molecule has 4 N–H and O–H groups in total. The van der Waals surface area contributed by atoms with Crippen LogP contribution < -0.4 is 16.5 Å². The maximum Gasteiger partial charge on any atom is 0.266 e. The van der Waals surface area contributed by atoms with Crippen LogP contribution in [0, 0.1) is 11.8 Å². The largest absolute Gasteiger partial charge is 0.356 e. The fourth-order valence-corrected chi connectivity index (χ4v) is 5.08. The van der Waals surface area contributed by atoms with Gasteiger partial charge in [-0.2, -0.15) is 10.8 Å². The smallest absolute Gasteiger partial charge is 0.266 e. The van der Waals surface area contributed by atoms with Crippen molar-refractivity contribution in [3.63, 3.8) is 0 Å². The normalized spacial score (nSPS) is 24.2. The predicted molar refractivity (Wildman–Crippen MR) is 144 cm³/mol. The average Bonchev–Trinajstić information content (AvgIpc) is 3.73. The SMILES string of the molecule is N[N+]12C=CN=CC1=C(N1CCCC(C(=O)NCC3CC3)C1)N=C2c1ccc(C(=O)Nc2ccccn2)cc1. The van der Waals surface area contributed by atoms with Crippen LogP contribution >= 0.6 is 0 Å². The summed E-state index contributed by atoms with van der Waals surface area (Å²) in [5.74, 6) is 9.21. The summed E-state index contributed by atoms with van der Waals surface area (Å²) >= 11 is 0. The highest BCUT2D eigenvalue weighted by Gasteiger charge is 2.46. The molecule has 1 saturated heterocycles. The number of allylic oxidation sites excluding steroid dienone is 1. The van der Waals surface area contributed by atoms with E-state index in [1.807, 2.05) is 18.2 Å². The quantitative estimate of drug-likeness (QED) is 0.389. The van der Waals surface area contributed by atoms with Crippen LogP contribution in [0.3, 0.4) is 0 Å². The molecule has 1 aliphatic carbocycles. The standard InChI is InChI=1S/C28H30N8O2/c29-36-15-13-30-17-23(36)25(35-14-3-4-22(18-35)27(37)32-16-19-6-7-19)34-26(36)20-8-10-21(11-9-20)28(38)33-24-5-1-2-12-31-24/h1-2,5,8-13,15,17,19,22H,3-4,6-7,14,16,18,29H2,(H-,31,32,33,37,38)/p+1. The molecule has 2 unspecified atom stereocenters. The van der Waals surface area contributed by atoms with Gasteiger partial charge in [-0.3, -0.25) is 14.6 Å². The van der Waals surface area contributed by atoms with Crippen molar-refractivity contribution in [2.75, 3.05) is 25.0 Å². The number of likely N-dealkylation sites (tertiary alicyclic amines) is 1. The van der Waals surface area contributed by atoms with Crippen LogP contribution in [0.25, 0.3) is 0 Å². The number of nitrogens with zero attached hydrogens (tertiary/aromatic N) is 5. The highest BCUT2D eigenvalue weighted by Crippen LogP contribution is 2.35. The Morgan fingerprint density at radius 1 is 1.11 bits per heavy atom. The summed E-state index contributed by atoms with van der Waals surface area (Å²) < 4.78 is -0.118. The van der Waals surface area contributed by atoms with Crippen molar-refractivity contribution in [1.29, 1.82) is 0 Å². The Labute approximate surface area is 221 Å². The van der Waals surface area contributed by atoms with E-state index in [1.54, 1.807) is 49.1 Å². The van der Waals surface area contributed by atoms with Crippen molar-refractivity contribution in [1.82, 2.24) is 15.2 Å². The molecule has 2 fully saturated rings. The molecule has 194 valence electrons. The van der Waals surface area contributed by atoms with E-state index in [9.17, 15) is 9.59 Å². The van der Waals surface area contributed by atoms with Gasteiger partial charge in [0, 0.05) is 31.4 Å². The summed E-state index contributed by atoms with van der Waals surface area (Å²) in [4.78, 5) is 41.1. The molecular weight excluding hydrogens is 480 g/mol. The van der Waals surface area contributed by atoms with E-state index < -0.39 is 0 Å². The second kappa shape index (κ2) is 9.96. The first kappa shape index (κ1) is 24.2. The molecule has 2 atom stereocenters. The molecule has 1 aromatic carbocycles. The number of hydrogen-bond donors (Lipinski definition) is 3. The van der Waals surface area contributed by atoms with Gasteiger partial charge in [-0.25, -0.2) is 4.98 Å². The van der Waals surface area contributed by atoms with Crippen LogP contribution in [0.15, 0.2) is 82.6 Å². The molecule has 1 saturated carbocycles. The van der Waals surface area contributed by atoms with Gasteiger partial charge in [0.05, 0.1) is 23.9 Å². The van der Waals surface area contributed by atoms with Crippen molar-refractivity contribution in [2.45, 2.75) is 25.7 Å². The first-order chi connectivity index (χ1) is 18.5. The lowest BCUT2D eigenvalue weighted by atomic mass is 9.97. The number of benzene rings is 1. The number of piperidine rings is 1. The van der Waals surface area contributed by atoms with Crippen LogP contribution in [-0.4, -0.2) is 58.0 Å². The van der Waals surface area contributed by atoms with Gasteiger partial charge in [-0.15, -0.1) is 4.59 Å². The lowest BCUT2D eigenvalue weighted by Crippen LogP contribution is -2.53. The number of aromatic nitrogens is 1. The number of pyridine rings is 1. The van der Waals surface area contributed by atoms with Crippen molar-refractivity contribution < 1.29 is 14.2 Å². The summed E-state index contributed by atoms with van der Waals surface area (Å²) in [6.07, 6.45) is 11.0. The Morgan fingerprint density at radius 3 is 2.71 bits per heavy atom. The number of nitrogens with two attached hydrogens (primary N) is 1. The van der Waals surface area contributed by atoms with Crippen LogP contribution in [0.4, 0.5) is 5.82 Å². The van der Waals surface area contributed by atoms with E-state index in [0.29, 0.717) is 29.7 Å². The van der Waals surface area contributed by atoms with E-state index in [2.05, 4.69) is 25.5 Å². The fourth-order valence-electron chi connectivity index (χ4n) is 5.08. The number of carbonyl (C=O) groups excluding carboxylic acids is 2. The first-order valence-electron chi connectivity index (χ1n) is 13.1. The predicted octanol–water partition coefficient (Wildman–Crippen LogP) is 2.75. The average molecular weight is 512 g/mol. The van der Waals surface area contributed by atoms with Crippen molar-refractivity contribution in [2.24, 2.45) is 27.7 Å². The molecule has 4 heterocycles. The Kier molecular flexibility index (Phi) is 6.34. The number of quaternary nitrogens is 1. The summed E-state index contributed by atoms with van der Waals surface area (Å²) in [6.45, 7) is 2.17. The Morgan fingerprint density at radius 2 is 1.95 bits per heavy atom. The molecule has 10 nitrogen and oxygen atoms in total. The number of rotatable bonds is 7. The summed E-state index contributed by atoms with van der Waals surface area (Å²) in [7, 11) is 0. The number of hydrogen-bond acceptors (Lipinski definition) is 7. The van der Waals surface area contributed by atoms with Crippen molar-refractivity contribution in [3.05, 3.63) is 83.7 Å². The van der Waals surface area contributed by atoms with Gasteiger partial charge < -0.3 is 15.5 Å². The van der Waals surface area contributed by atoms with E-state index in [0.717, 1.165) is 43.0 Å². The molecule has 3 aliphatic heterocycles. The zero-order valence-corrected chi connectivity index (χ0v) is 21.1. The van der Waals surface area contributed by atoms with Gasteiger partial charge in [0.15, 0.2) is 0 Å². The van der Waals surface area contributed by atoms with Gasteiger partial charge in [-0.1, -0.05) is 6.07 Å². The molecular formula is C28H31N8O2+. The van der Waals surface area contributed by atoms with Gasteiger partial charge in [0.1, 0.15) is 12.0 Å². The Bertz CT molecular complexity index is 1360. The molecule has 0 radical (unpaired) electrons. The van der Waals surface area contributed by atoms with E-state index in [4.69, 9.17) is 10.8 Å². The number of amidine groups is 1. The molecule has 2 aromatic rings. The number of nitrogens with one attached hydrogen (secondary N) is 2. The minimum Gasteiger partial charge on any atom is -0.356 e. The van der Waals surface area contributed by atoms with E-state index in [1.165, 1.54) is 12.8 Å². The number of aliphatic imine (C=N–C) groups is 2. The zero-order chi connectivity index (χ0) is 26.1. The zero-order valence-electron chi connectivity index (χ0n) is 21.1. The second-order valence-electron chi connectivity index (χ2n) is 10.2. The maximum atomic E-state index is 12.8. The van der Waals surface area contributed by atoms with Crippen molar-refractivity contribution >= 4 is 29.7 Å². The molecule has 1 aromatic heterocycles. The third-order valence-electron chi connectivity index (χ3n) is 7.44. The molecule has 0 bridgehead atoms. The topological polar surface area (TPSA) is 125 Å². The van der Waals surface area contributed by atoms with Gasteiger partial charge in [0.2, 0.25) is 17.4 Å². The lowest BCUT2D eigenvalue weighted by Gasteiger charge is -2.33. The Balaban J connectivity index is 1.22. The fraction of sp³-hybridized carbons (Fsp3) is 0.321. The number of anilines is 1. The maximum absolute atomic E-state index is 12.8. The first-order valence-corrected chi connectivity index (χ1v) is 13.1. The minimum atomic E-state index is -0.246. The van der Waals surface area contributed by atoms with Gasteiger partial charge in [-0.05, 0) is 68.0 Å². The summed E-state index contributed by atoms with van der Waals surface area (Å²) in [5.41, 5.74) is 2.06. The monoisotopic (exact) mass is 511 g/mol.